The number of carbonyl (C=O) groups is 1. The molecule has 0 amide bonds. The molecule has 3 rings (SSSR count). The minimum atomic E-state index is -0.651. The van der Waals surface area contributed by atoms with E-state index in [9.17, 15) is 4.79 Å². The fraction of sp³-hybridized carbons (Fsp3) is 0.368. The van der Waals surface area contributed by atoms with Gasteiger partial charge in [-0.2, -0.15) is 0 Å². The van der Waals surface area contributed by atoms with Gasteiger partial charge in [-0.05, 0) is 55.5 Å². The first-order valence-corrected chi connectivity index (χ1v) is 9.31. The number of anilines is 1. The van der Waals surface area contributed by atoms with Crippen LogP contribution in [0.3, 0.4) is 0 Å². The van der Waals surface area contributed by atoms with E-state index < -0.39 is 5.97 Å². The van der Waals surface area contributed by atoms with Gasteiger partial charge < -0.3 is 10.4 Å². The highest BCUT2D eigenvalue weighted by molar-refractivity contribution is 7.98. The van der Waals surface area contributed by atoms with E-state index >= 15 is 0 Å². The summed E-state index contributed by atoms with van der Waals surface area (Å²) in [6, 6.07) is 14.8. The third kappa shape index (κ3) is 4.74. The predicted octanol–water partition coefficient (Wildman–Crippen LogP) is 4.43. The lowest BCUT2D eigenvalue weighted by molar-refractivity contribution is -0.142. The first-order chi connectivity index (χ1) is 11.7. The zero-order chi connectivity index (χ0) is 16.8. The second kappa shape index (κ2) is 8.20. The van der Waals surface area contributed by atoms with Crippen LogP contribution in [0.25, 0.3) is 0 Å². The Bertz CT molecular complexity index is 670. The van der Waals surface area contributed by atoms with Gasteiger partial charge in [0.1, 0.15) is 0 Å². The Hall–Kier alpha value is -2.01. The van der Waals surface area contributed by atoms with Gasteiger partial charge in [0, 0.05) is 23.7 Å². The summed E-state index contributed by atoms with van der Waals surface area (Å²) in [5.41, 5.74) is 2.38. The van der Waals surface area contributed by atoms with Crippen LogP contribution in [0.5, 0.6) is 0 Å². The van der Waals surface area contributed by atoms with E-state index in [1.807, 2.05) is 24.4 Å². The summed E-state index contributed by atoms with van der Waals surface area (Å²) < 4.78 is 0. The van der Waals surface area contributed by atoms with Gasteiger partial charge in [0.15, 0.2) is 0 Å². The van der Waals surface area contributed by atoms with Gasteiger partial charge in [-0.3, -0.25) is 4.79 Å². The average molecular weight is 342 g/mol. The largest absolute Gasteiger partial charge is 0.481 e. The maximum Gasteiger partial charge on any atom is 0.306 e. The van der Waals surface area contributed by atoms with Crippen molar-refractivity contribution in [3.63, 3.8) is 0 Å². The van der Waals surface area contributed by atoms with E-state index in [4.69, 9.17) is 5.11 Å². The van der Waals surface area contributed by atoms with E-state index in [0.717, 1.165) is 42.1 Å². The Morgan fingerprint density at radius 2 is 2.00 bits per heavy atom. The molecule has 1 aliphatic rings. The van der Waals surface area contributed by atoms with Crippen molar-refractivity contribution in [1.82, 2.24) is 4.98 Å². The number of aromatic nitrogens is 1. The SMILES string of the molecule is O=C(O)C1CCC(Nc2cccc(CSc3ccccn3)c2)CC1. The van der Waals surface area contributed by atoms with Crippen LogP contribution < -0.4 is 5.32 Å². The number of hydrogen-bond donors (Lipinski definition) is 2. The van der Waals surface area contributed by atoms with Crippen LogP contribution >= 0.6 is 11.8 Å². The molecule has 1 saturated carbocycles. The molecule has 0 radical (unpaired) electrons. The van der Waals surface area contributed by atoms with Crippen molar-refractivity contribution in [3.8, 4) is 0 Å². The van der Waals surface area contributed by atoms with Crippen molar-refractivity contribution < 1.29 is 9.90 Å². The van der Waals surface area contributed by atoms with E-state index in [-0.39, 0.29) is 5.92 Å². The van der Waals surface area contributed by atoms with Gasteiger partial charge in [0.25, 0.3) is 0 Å². The van der Waals surface area contributed by atoms with Crippen molar-refractivity contribution in [2.24, 2.45) is 5.92 Å². The van der Waals surface area contributed by atoms with E-state index in [1.165, 1.54) is 5.56 Å². The Morgan fingerprint density at radius 3 is 2.71 bits per heavy atom. The molecule has 0 saturated heterocycles. The lowest BCUT2D eigenvalue weighted by atomic mass is 9.86. The summed E-state index contributed by atoms with van der Waals surface area (Å²) in [6.07, 6.45) is 5.19. The van der Waals surface area contributed by atoms with E-state index in [0.29, 0.717) is 6.04 Å². The van der Waals surface area contributed by atoms with E-state index in [2.05, 4.69) is 34.6 Å². The van der Waals surface area contributed by atoms with Crippen LogP contribution in [-0.2, 0) is 10.5 Å². The van der Waals surface area contributed by atoms with E-state index in [1.54, 1.807) is 11.8 Å². The smallest absolute Gasteiger partial charge is 0.306 e. The van der Waals surface area contributed by atoms with Crippen LogP contribution in [-0.4, -0.2) is 22.1 Å². The Balaban J connectivity index is 1.53. The summed E-state index contributed by atoms with van der Waals surface area (Å²) in [5.74, 6) is 0.0734. The first-order valence-electron chi connectivity index (χ1n) is 8.33. The Kier molecular flexibility index (Phi) is 5.75. The molecule has 0 atom stereocenters. The number of aliphatic carboxylic acids is 1. The maximum atomic E-state index is 11.0. The summed E-state index contributed by atoms with van der Waals surface area (Å²) in [6.45, 7) is 0. The molecule has 24 heavy (non-hydrogen) atoms. The number of thioether (sulfide) groups is 1. The minimum Gasteiger partial charge on any atom is -0.481 e. The minimum absolute atomic E-state index is 0.163. The van der Waals surface area contributed by atoms with Crippen molar-refractivity contribution >= 4 is 23.4 Å². The molecule has 0 spiro atoms. The van der Waals surface area contributed by atoms with Crippen LogP contribution in [0.1, 0.15) is 31.2 Å². The lowest BCUT2D eigenvalue weighted by Crippen LogP contribution is -2.29. The number of nitrogens with one attached hydrogen (secondary N) is 1. The zero-order valence-corrected chi connectivity index (χ0v) is 14.3. The van der Waals surface area contributed by atoms with Crippen LogP contribution in [0.15, 0.2) is 53.7 Å². The topological polar surface area (TPSA) is 62.2 Å². The Morgan fingerprint density at radius 1 is 1.17 bits per heavy atom. The first kappa shape index (κ1) is 16.8. The molecule has 2 N–H and O–H groups in total. The van der Waals surface area contributed by atoms with Crippen LogP contribution in [0.4, 0.5) is 5.69 Å². The van der Waals surface area contributed by atoms with Gasteiger partial charge in [-0.25, -0.2) is 4.98 Å². The van der Waals surface area contributed by atoms with Gasteiger partial charge in [0.2, 0.25) is 0 Å². The number of carboxylic acid groups (broad SMARTS) is 1. The van der Waals surface area contributed by atoms with Crippen molar-refractivity contribution in [2.45, 2.75) is 42.5 Å². The molecular weight excluding hydrogens is 320 g/mol. The molecule has 4 nitrogen and oxygen atoms in total. The van der Waals surface area contributed by atoms with Gasteiger partial charge in [-0.1, -0.05) is 18.2 Å². The molecule has 0 bridgehead atoms. The highest BCUT2D eigenvalue weighted by atomic mass is 32.2. The summed E-state index contributed by atoms with van der Waals surface area (Å²) >= 11 is 1.73. The molecule has 126 valence electrons. The maximum absolute atomic E-state index is 11.0. The quantitative estimate of drug-likeness (QED) is 0.761. The Labute approximate surface area is 146 Å². The number of rotatable bonds is 6. The molecule has 1 aromatic heterocycles. The second-order valence-corrected chi connectivity index (χ2v) is 7.18. The molecule has 0 unspecified atom stereocenters. The molecule has 1 heterocycles. The standard InChI is InChI=1S/C19H22N2O2S/c22-19(23)15-7-9-16(10-8-15)21-17-5-3-4-14(12-17)13-24-18-6-1-2-11-20-18/h1-6,11-12,15-16,21H,7-10,13H2,(H,22,23). The van der Waals surface area contributed by atoms with Gasteiger partial charge in [-0.15, -0.1) is 11.8 Å². The zero-order valence-electron chi connectivity index (χ0n) is 13.5. The van der Waals surface area contributed by atoms with Crippen LogP contribution in [0.2, 0.25) is 0 Å². The fourth-order valence-corrected chi connectivity index (χ4v) is 3.87. The summed E-state index contributed by atoms with van der Waals surface area (Å²) in [5, 5.41) is 13.7. The summed E-state index contributed by atoms with van der Waals surface area (Å²) in [4.78, 5) is 15.4. The normalized spacial score (nSPS) is 20.5. The molecule has 2 aromatic rings. The molecule has 1 aromatic carbocycles. The number of pyridine rings is 1. The number of carboxylic acids is 1. The second-order valence-electron chi connectivity index (χ2n) is 6.19. The monoisotopic (exact) mass is 342 g/mol. The lowest BCUT2D eigenvalue weighted by Gasteiger charge is -2.27. The number of nitrogens with zero attached hydrogens (tertiary/aromatic N) is 1. The fourth-order valence-electron chi connectivity index (χ4n) is 3.06. The van der Waals surface area contributed by atoms with Crippen LogP contribution in [0, 0.1) is 5.92 Å². The predicted molar refractivity (Wildman–Crippen MR) is 97.2 cm³/mol. The molecule has 5 heteroatoms. The molecular formula is C19H22N2O2S. The average Bonchev–Trinajstić information content (AvgIpc) is 2.62. The van der Waals surface area contributed by atoms with Crippen molar-refractivity contribution in [3.05, 3.63) is 54.2 Å². The molecule has 0 aliphatic heterocycles. The highest BCUT2D eigenvalue weighted by Gasteiger charge is 2.25. The third-order valence-corrected chi connectivity index (χ3v) is 5.41. The number of hydrogen-bond acceptors (Lipinski definition) is 4. The van der Waals surface area contributed by atoms with Crippen molar-refractivity contribution in [1.29, 1.82) is 0 Å². The summed E-state index contributed by atoms with van der Waals surface area (Å²) in [7, 11) is 0. The molecule has 1 fully saturated rings. The van der Waals surface area contributed by atoms with Gasteiger partial charge >= 0.3 is 5.97 Å². The highest BCUT2D eigenvalue weighted by Crippen LogP contribution is 2.28. The molecule has 1 aliphatic carbocycles. The third-order valence-electron chi connectivity index (χ3n) is 4.40. The van der Waals surface area contributed by atoms with Gasteiger partial charge in [0.05, 0.1) is 10.9 Å². The number of benzene rings is 1. The van der Waals surface area contributed by atoms with Crippen molar-refractivity contribution in [2.75, 3.05) is 5.32 Å².